The maximum Gasteiger partial charge on any atom is 0.0959 e. The number of nitrogens with one attached hydrogen (secondary N) is 1. The smallest absolute Gasteiger partial charge is 0.0959 e. The van der Waals surface area contributed by atoms with E-state index in [-0.39, 0.29) is 18.8 Å². The molecule has 5 N–H and O–H groups in total. The molecule has 1 heterocycles. The first kappa shape index (κ1) is 10.9. The average molecular weight is 190 g/mol. The van der Waals surface area contributed by atoms with Crippen LogP contribution in [0, 0.1) is 0 Å². The molecule has 0 spiro atoms. The molecule has 0 aromatic carbocycles. The second-order valence-corrected chi connectivity index (χ2v) is 3.36. The van der Waals surface area contributed by atoms with E-state index in [0.29, 0.717) is 26.1 Å². The Morgan fingerprint density at radius 1 is 1.54 bits per heavy atom. The van der Waals surface area contributed by atoms with E-state index in [4.69, 9.17) is 15.6 Å². The summed E-state index contributed by atoms with van der Waals surface area (Å²) in [6.07, 6.45) is -0.0906. The van der Waals surface area contributed by atoms with Gasteiger partial charge in [-0.15, -0.1) is 0 Å². The van der Waals surface area contributed by atoms with E-state index < -0.39 is 6.10 Å². The minimum atomic E-state index is -0.491. The van der Waals surface area contributed by atoms with Gasteiger partial charge in [-0.2, -0.15) is 0 Å². The number of ether oxygens (including phenoxy) is 1. The second-order valence-electron chi connectivity index (χ2n) is 3.36. The maximum absolute atomic E-state index is 9.53. The van der Waals surface area contributed by atoms with Gasteiger partial charge < -0.3 is 26.0 Å². The highest BCUT2D eigenvalue weighted by Gasteiger charge is 2.27. The van der Waals surface area contributed by atoms with Gasteiger partial charge in [0.05, 0.1) is 25.4 Å². The van der Waals surface area contributed by atoms with Crippen LogP contribution in [0.5, 0.6) is 0 Å². The Hall–Kier alpha value is -0.200. The first-order valence-corrected chi connectivity index (χ1v) is 4.61. The van der Waals surface area contributed by atoms with E-state index in [9.17, 15) is 5.11 Å². The molecule has 5 heteroatoms. The summed E-state index contributed by atoms with van der Waals surface area (Å²) in [7, 11) is 0. The summed E-state index contributed by atoms with van der Waals surface area (Å²) in [5, 5.41) is 21.0. The zero-order valence-corrected chi connectivity index (χ0v) is 7.65. The summed E-state index contributed by atoms with van der Waals surface area (Å²) in [5.41, 5.74) is 5.60. The van der Waals surface area contributed by atoms with Crippen LogP contribution in [0.15, 0.2) is 0 Å². The lowest BCUT2D eigenvalue weighted by Gasteiger charge is -2.31. The fourth-order valence-corrected chi connectivity index (χ4v) is 1.41. The molecule has 0 bridgehead atoms. The van der Waals surface area contributed by atoms with Crippen LogP contribution in [0.2, 0.25) is 0 Å². The van der Waals surface area contributed by atoms with E-state index in [0.717, 1.165) is 0 Å². The molecule has 0 aromatic heterocycles. The predicted molar refractivity (Wildman–Crippen MR) is 48.3 cm³/mol. The fourth-order valence-electron chi connectivity index (χ4n) is 1.41. The van der Waals surface area contributed by atoms with E-state index >= 15 is 0 Å². The number of aliphatic hydroxyl groups is 2. The molecule has 0 saturated carbocycles. The van der Waals surface area contributed by atoms with Crippen molar-refractivity contribution in [1.82, 2.24) is 5.32 Å². The molecule has 1 aliphatic heterocycles. The third-order valence-electron chi connectivity index (χ3n) is 2.13. The highest BCUT2D eigenvalue weighted by atomic mass is 16.5. The molecule has 13 heavy (non-hydrogen) atoms. The van der Waals surface area contributed by atoms with Crippen LogP contribution in [-0.2, 0) is 4.74 Å². The number of aliphatic hydroxyl groups excluding tert-OH is 2. The van der Waals surface area contributed by atoms with Crippen molar-refractivity contribution in [2.24, 2.45) is 5.73 Å². The number of rotatable bonds is 4. The molecular weight excluding hydrogens is 172 g/mol. The Morgan fingerprint density at radius 3 is 2.92 bits per heavy atom. The van der Waals surface area contributed by atoms with Crippen LogP contribution in [0.25, 0.3) is 0 Å². The molecule has 0 radical (unpaired) electrons. The van der Waals surface area contributed by atoms with E-state index in [1.54, 1.807) is 0 Å². The first-order valence-electron chi connectivity index (χ1n) is 4.61. The Morgan fingerprint density at radius 2 is 2.31 bits per heavy atom. The van der Waals surface area contributed by atoms with Gasteiger partial charge in [0, 0.05) is 19.1 Å². The normalized spacial score (nSPS) is 34.8. The number of hydrogen-bond acceptors (Lipinski definition) is 5. The fraction of sp³-hybridized carbons (Fsp3) is 1.00. The highest BCUT2D eigenvalue weighted by Crippen LogP contribution is 2.12. The minimum Gasteiger partial charge on any atom is -0.395 e. The zero-order chi connectivity index (χ0) is 9.68. The Kier molecular flexibility index (Phi) is 4.61. The molecule has 1 fully saturated rings. The van der Waals surface area contributed by atoms with E-state index in [1.807, 2.05) is 0 Å². The lowest BCUT2D eigenvalue weighted by atomic mass is 10.0. The summed E-state index contributed by atoms with van der Waals surface area (Å²) < 4.78 is 5.33. The lowest BCUT2D eigenvalue weighted by Crippen LogP contribution is -2.49. The molecule has 0 aliphatic carbocycles. The van der Waals surface area contributed by atoms with Gasteiger partial charge in [-0.3, -0.25) is 0 Å². The van der Waals surface area contributed by atoms with Crippen LogP contribution in [-0.4, -0.2) is 54.8 Å². The Bertz CT molecular complexity index is 145. The third kappa shape index (κ3) is 3.58. The van der Waals surface area contributed by atoms with Crippen molar-refractivity contribution in [3.8, 4) is 0 Å². The molecule has 3 atom stereocenters. The minimum absolute atomic E-state index is 0.0518. The van der Waals surface area contributed by atoms with Gasteiger partial charge in [-0.05, 0) is 6.42 Å². The van der Waals surface area contributed by atoms with Gasteiger partial charge >= 0.3 is 0 Å². The van der Waals surface area contributed by atoms with Crippen molar-refractivity contribution in [3.05, 3.63) is 0 Å². The molecule has 1 rings (SSSR count). The molecule has 78 valence electrons. The topological polar surface area (TPSA) is 87.7 Å². The summed E-state index contributed by atoms with van der Waals surface area (Å²) in [6, 6.07) is -0.0518. The van der Waals surface area contributed by atoms with Crippen LogP contribution in [0.1, 0.15) is 6.42 Å². The van der Waals surface area contributed by atoms with Crippen molar-refractivity contribution in [2.45, 2.75) is 24.7 Å². The largest absolute Gasteiger partial charge is 0.395 e. The van der Waals surface area contributed by atoms with E-state index in [2.05, 4.69) is 5.32 Å². The maximum atomic E-state index is 9.53. The average Bonchev–Trinajstić information content (AvgIpc) is 2.09. The number of nitrogens with two attached hydrogens (primary N) is 1. The van der Waals surface area contributed by atoms with Crippen molar-refractivity contribution in [1.29, 1.82) is 0 Å². The molecule has 0 amide bonds. The molecule has 0 aromatic rings. The quantitative estimate of drug-likeness (QED) is 0.387. The van der Waals surface area contributed by atoms with Crippen molar-refractivity contribution in [2.75, 3.05) is 26.3 Å². The lowest BCUT2D eigenvalue weighted by molar-refractivity contribution is -0.0796. The summed E-state index contributed by atoms with van der Waals surface area (Å²) in [6.45, 7) is 1.69. The van der Waals surface area contributed by atoms with Crippen LogP contribution >= 0.6 is 0 Å². The second kappa shape index (κ2) is 5.51. The molecule has 0 unspecified atom stereocenters. The van der Waals surface area contributed by atoms with Gasteiger partial charge in [0.25, 0.3) is 0 Å². The molecule has 5 nitrogen and oxygen atoms in total. The standard InChI is InChI=1S/C8H18N2O3/c9-6-3-7(12)8(13-5-6)4-10-1-2-11/h6-8,10-12H,1-5,9H2/t6-,7-,8-/m1/s1. The monoisotopic (exact) mass is 190 g/mol. The van der Waals surface area contributed by atoms with Gasteiger partial charge in [-0.25, -0.2) is 0 Å². The third-order valence-corrected chi connectivity index (χ3v) is 2.13. The van der Waals surface area contributed by atoms with Crippen molar-refractivity contribution >= 4 is 0 Å². The molecular formula is C8H18N2O3. The van der Waals surface area contributed by atoms with E-state index in [1.165, 1.54) is 0 Å². The van der Waals surface area contributed by atoms with Gasteiger partial charge in [-0.1, -0.05) is 0 Å². The van der Waals surface area contributed by atoms with Crippen LogP contribution in [0.3, 0.4) is 0 Å². The first-order chi connectivity index (χ1) is 6.24. The Balaban J connectivity index is 2.18. The summed E-state index contributed by atoms with van der Waals surface area (Å²) in [5.74, 6) is 0. The molecule has 1 aliphatic rings. The van der Waals surface area contributed by atoms with Crippen molar-refractivity contribution in [3.63, 3.8) is 0 Å². The van der Waals surface area contributed by atoms with Crippen LogP contribution in [0.4, 0.5) is 0 Å². The summed E-state index contributed by atoms with van der Waals surface area (Å²) in [4.78, 5) is 0. The summed E-state index contributed by atoms with van der Waals surface area (Å²) >= 11 is 0. The van der Waals surface area contributed by atoms with Gasteiger partial charge in [0.2, 0.25) is 0 Å². The SMILES string of the molecule is N[C@H]1CO[C@H](CNCCO)[C@H](O)C1. The van der Waals surface area contributed by atoms with Gasteiger partial charge in [0.1, 0.15) is 0 Å². The Labute approximate surface area is 77.9 Å². The predicted octanol–water partition coefficient (Wildman–Crippen LogP) is -1.95. The molecule has 1 saturated heterocycles. The van der Waals surface area contributed by atoms with Crippen LogP contribution < -0.4 is 11.1 Å². The van der Waals surface area contributed by atoms with Gasteiger partial charge in [0.15, 0.2) is 0 Å². The van der Waals surface area contributed by atoms with Crippen molar-refractivity contribution < 1.29 is 14.9 Å². The zero-order valence-electron chi connectivity index (χ0n) is 7.65. The highest BCUT2D eigenvalue weighted by molar-refractivity contribution is 4.81. The number of hydrogen-bond donors (Lipinski definition) is 4.